The van der Waals surface area contributed by atoms with Crippen LogP contribution in [0.4, 0.5) is 5.69 Å². The summed E-state index contributed by atoms with van der Waals surface area (Å²) in [4.78, 5) is 29.9. The number of esters is 1. The summed E-state index contributed by atoms with van der Waals surface area (Å²) in [6.45, 7) is 5.47. The van der Waals surface area contributed by atoms with Crippen LogP contribution in [-0.4, -0.2) is 55.7 Å². The minimum absolute atomic E-state index is 0.146. The summed E-state index contributed by atoms with van der Waals surface area (Å²) in [5.41, 5.74) is 3.76. The molecule has 2 aliphatic rings. The van der Waals surface area contributed by atoms with Gasteiger partial charge in [0.25, 0.3) is 5.91 Å². The van der Waals surface area contributed by atoms with Gasteiger partial charge in [0, 0.05) is 37.3 Å². The fourth-order valence-corrected chi connectivity index (χ4v) is 4.01. The molecule has 2 aliphatic heterocycles. The average molecular weight is 394 g/mol. The number of carbonyl (C=O) groups excluding carboxylic acids is 2. The predicted molar refractivity (Wildman–Crippen MR) is 110 cm³/mol. The molecule has 1 fully saturated rings. The molecular formula is C23H26N2O4. The number of hydrogen-bond acceptors (Lipinski definition) is 5. The zero-order valence-electron chi connectivity index (χ0n) is 16.7. The highest BCUT2D eigenvalue weighted by Gasteiger charge is 2.36. The number of amides is 1. The molecule has 29 heavy (non-hydrogen) atoms. The van der Waals surface area contributed by atoms with E-state index in [1.807, 2.05) is 48.5 Å². The number of carbonyl (C=O) groups is 2. The Bertz CT molecular complexity index is 892. The summed E-state index contributed by atoms with van der Waals surface area (Å²) < 4.78 is 10.7. The van der Waals surface area contributed by atoms with Crippen molar-refractivity contribution in [2.24, 2.45) is 0 Å². The number of morpholine rings is 1. The van der Waals surface area contributed by atoms with Crippen molar-refractivity contribution in [1.29, 1.82) is 0 Å². The number of anilines is 1. The Labute approximate surface area is 171 Å². The van der Waals surface area contributed by atoms with Gasteiger partial charge < -0.3 is 19.3 Å². The molecule has 2 heterocycles. The summed E-state index contributed by atoms with van der Waals surface area (Å²) in [6.07, 6.45) is 0.476. The van der Waals surface area contributed by atoms with Crippen LogP contribution in [0.1, 0.15) is 28.4 Å². The molecule has 0 aliphatic carbocycles. The standard InChI is InChI=1S/C23H26N2O4/c1-2-29-23(27)21-15-17-6-3-4-7-19(17)16-25(21)22(26)18-8-5-9-20(14-18)24-10-12-28-13-11-24/h3-9,14,21H,2,10-13,15-16H2,1H3. The lowest BCUT2D eigenvalue weighted by Gasteiger charge is -2.35. The molecule has 152 valence electrons. The molecule has 1 unspecified atom stereocenters. The summed E-state index contributed by atoms with van der Waals surface area (Å²) in [5.74, 6) is -0.493. The molecule has 6 nitrogen and oxygen atoms in total. The van der Waals surface area contributed by atoms with Gasteiger partial charge in [-0.15, -0.1) is 0 Å². The number of fused-ring (bicyclic) bond motifs is 1. The summed E-state index contributed by atoms with van der Waals surface area (Å²) in [6, 6.07) is 15.0. The maximum atomic E-state index is 13.4. The lowest BCUT2D eigenvalue weighted by molar-refractivity contribution is -0.149. The monoisotopic (exact) mass is 394 g/mol. The molecule has 2 aromatic carbocycles. The van der Waals surface area contributed by atoms with Crippen molar-refractivity contribution < 1.29 is 19.1 Å². The zero-order valence-corrected chi connectivity index (χ0v) is 16.7. The highest BCUT2D eigenvalue weighted by molar-refractivity contribution is 5.98. The normalized spacial score (nSPS) is 18.9. The number of hydrogen-bond donors (Lipinski definition) is 0. The Kier molecular flexibility index (Phi) is 5.81. The fraction of sp³-hybridized carbons (Fsp3) is 0.391. The van der Waals surface area contributed by atoms with Crippen LogP contribution in [0.3, 0.4) is 0 Å². The maximum absolute atomic E-state index is 13.4. The van der Waals surface area contributed by atoms with Crippen LogP contribution in [0.2, 0.25) is 0 Å². The van der Waals surface area contributed by atoms with E-state index in [9.17, 15) is 9.59 Å². The van der Waals surface area contributed by atoms with E-state index >= 15 is 0 Å². The molecule has 1 amide bonds. The molecule has 0 bridgehead atoms. The first-order chi connectivity index (χ1) is 14.2. The number of rotatable bonds is 4. The Morgan fingerprint density at radius 1 is 1.07 bits per heavy atom. The van der Waals surface area contributed by atoms with E-state index in [1.54, 1.807) is 11.8 Å². The fourth-order valence-electron chi connectivity index (χ4n) is 4.01. The van der Waals surface area contributed by atoms with Crippen LogP contribution in [0, 0.1) is 0 Å². The molecule has 6 heteroatoms. The van der Waals surface area contributed by atoms with E-state index in [2.05, 4.69) is 4.90 Å². The van der Waals surface area contributed by atoms with Crippen LogP contribution < -0.4 is 4.90 Å². The lowest BCUT2D eigenvalue weighted by atomic mass is 9.93. The molecular weight excluding hydrogens is 368 g/mol. The van der Waals surface area contributed by atoms with Gasteiger partial charge in [-0.2, -0.15) is 0 Å². The second-order valence-corrected chi connectivity index (χ2v) is 7.32. The van der Waals surface area contributed by atoms with E-state index in [1.165, 1.54) is 0 Å². The van der Waals surface area contributed by atoms with E-state index in [0.29, 0.717) is 38.3 Å². The number of nitrogens with zero attached hydrogens (tertiary/aromatic N) is 2. The molecule has 1 atom stereocenters. The Morgan fingerprint density at radius 2 is 1.83 bits per heavy atom. The smallest absolute Gasteiger partial charge is 0.329 e. The number of ether oxygens (including phenoxy) is 2. The van der Waals surface area contributed by atoms with Gasteiger partial charge in [-0.25, -0.2) is 4.79 Å². The highest BCUT2D eigenvalue weighted by atomic mass is 16.5. The molecule has 0 spiro atoms. The molecule has 0 saturated carbocycles. The third kappa shape index (κ3) is 4.12. The first-order valence-electron chi connectivity index (χ1n) is 10.1. The van der Waals surface area contributed by atoms with Gasteiger partial charge >= 0.3 is 5.97 Å². The van der Waals surface area contributed by atoms with Gasteiger partial charge in [-0.05, 0) is 36.2 Å². The summed E-state index contributed by atoms with van der Waals surface area (Å²) >= 11 is 0. The van der Waals surface area contributed by atoms with Crippen molar-refractivity contribution in [3.63, 3.8) is 0 Å². The van der Waals surface area contributed by atoms with E-state index in [4.69, 9.17) is 9.47 Å². The Hall–Kier alpha value is -2.86. The van der Waals surface area contributed by atoms with E-state index < -0.39 is 6.04 Å². The zero-order chi connectivity index (χ0) is 20.2. The summed E-state index contributed by atoms with van der Waals surface area (Å²) in [5, 5.41) is 0. The third-order valence-corrected chi connectivity index (χ3v) is 5.54. The first-order valence-corrected chi connectivity index (χ1v) is 10.1. The van der Waals surface area contributed by atoms with Gasteiger partial charge in [0.15, 0.2) is 0 Å². The Balaban J connectivity index is 1.62. The lowest BCUT2D eigenvalue weighted by Crippen LogP contribution is -2.49. The van der Waals surface area contributed by atoms with Gasteiger partial charge in [0.05, 0.1) is 19.8 Å². The molecule has 2 aromatic rings. The quantitative estimate of drug-likeness (QED) is 0.747. The number of benzene rings is 2. The SMILES string of the molecule is CCOC(=O)C1Cc2ccccc2CN1C(=O)c1cccc(N2CCOCC2)c1. The van der Waals surface area contributed by atoms with Crippen LogP contribution in [0.5, 0.6) is 0 Å². The van der Waals surface area contributed by atoms with Crippen molar-refractivity contribution in [2.75, 3.05) is 37.8 Å². The van der Waals surface area contributed by atoms with Crippen molar-refractivity contribution in [1.82, 2.24) is 4.90 Å². The second kappa shape index (κ2) is 8.66. The molecule has 1 saturated heterocycles. The molecule has 0 radical (unpaired) electrons. The van der Waals surface area contributed by atoms with Crippen LogP contribution in [0.25, 0.3) is 0 Å². The minimum Gasteiger partial charge on any atom is -0.464 e. The Morgan fingerprint density at radius 3 is 2.59 bits per heavy atom. The predicted octanol–water partition coefficient (Wildman–Crippen LogP) is 2.65. The first kappa shape index (κ1) is 19.5. The van der Waals surface area contributed by atoms with Crippen molar-refractivity contribution in [3.05, 3.63) is 65.2 Å². The van der Waals surface area contributed by atoms with Crippen LogP contribution in [-0.2, 0) is 27.2 Å². The summed E-state index contributed by atoms with van der Waals surface area (Å²) in [7, 11) is 0. The second-order valence-electron chi connectivity index (χ2n) is 7.32. The van der Waals surface area contributed by atoms with Crippen molar-refractivity contribution in [2.45, 2.75) is 25.9 Å². The van der Waals surface area contributed by atoms with Crippen molar-refractivity contribution in [3.8, 4) is 0 Å². The third-order valence-electron chi connectivity index (χ3n) is 5.54. The largest absolute Gasteiger partial charge is 0.464 e. The van der Waals surface area contributed by atoms with Gasteiger partial charge in [0.1, 0.15) is 6.04 Å². The van der Waals surface area contributed by atoms with Gasteiger partial charge in [-0.1, -0.05) is 30.3 Å². The van der Waals surface area contributed by atoms with E-state index in [-0.39, 0.29) is 11.9 Å². The van der Waals surface area contributed by atoms with Crippen molar-refractivity contribution >= 4 is 17.6 Å². The molecule has 0 aromatic heterocycles. The van der Waals surface area contributed by atoms with Gasteiger partial charge in [0.2, 0.25) is 0 Å². The highest BCUT2D eigenvalue weighted by Crippen LogP contribution is 2.27. The maximum Gasteiger partial charge on any atom is 0.329 e. The van der Waals surface area contributed by atoms with Crippen LogP contribution >= 0.6 is 0 Å². The van der Waals surface area contributed by atoms with Gasteiger partial charge in [-0.3, -0.25) is 4.79 Å². The van der Waals surface area contributed by atoms with Crippen LogP contribution in [0.15, 0.2) is 48.5 Å². The molecule has 4 rings (SSSR count). The van der Waals surface area contributed by atoms with E-state index in [0.717, 1.165) is 29.9 Å². The average Bonchev–Trinajstić information content (AvgIpc) is 2.78. The topological polar surface area (TPSA) is 59.1 Å². The minimum atomic E-state index is -0.607. The molecule has 0 N–H and O–H groups in total.